The average molecular weight is 136 g/mol. The van der Waals surface area contributed by atoms with Gasteiger partial charge in [-0.1, -0.05) is 0 Å². The van der Waals surface area contributed by atoms with E-state index in [0.29, 0.717) is 0 Å². The SMILES string of the molecule is CC(=O)OOC(=O)CF. The number of carbonyl (C=O) groups excluding carboxylic acids is 2. The van der Waals surface area contributed by atoms with Gasteiger partial charge in [0.1, 0.15) is 0 Å². The zero-order valence-electron chi connectivity index (χ0n) is 4.72. The summed E-state index contributed by atoms with van der Waals surface area (Å²) < 4.78 is 11.2. The Morgan fingerprint density at radius 3 is 2.33 bits per heavy atom. The van der Waals surface area contributed by atoms with Gasteiger partial charge < -0.3 is 0 Å². The van der Waals surface area contributed by atoms with Crippen molar-refractivity contribution in [3.05, 3.63) is 0 Å². The minimum absolute atomic E-state index is 0.795. The lowest BCUT2D eigenvalue weighted by Gasteiger charge is -1.94. The molecule has 0 heterocycles. The normalized spacial score (nSPS) is 8.22. The van der Waals surface area contributed by atoms with Crippen LogP contribution in [0.4, 0.5) is 4.39 Å². The smallest absolute Gasteiger partial charge is 0.248 e. The lowest BCUT2D eigenvalue weighted by Crippen LogP contribution is -2.09. The van der Waals surface area contributed by atoms with E-state index in [4.69, 9.17) is 0 Å². The Kier molecular flexibility index (Phi) is 3.34. The van der Waals surface area contributed by atoms with Gasteiger partial charge >= 0.3 is 11.9 Å². The van der Waals surface area contributed by atoms with Crippen LogP contribution in [0, 0.1) is 0 Å². The van der Waals surface area contributed by atoms with Gasteiger partial charge in [0.25, 0.3) is 0 Å². The number of hydrogen-bond donors (Lipinski definition) is 0. The van der Waals surface area contributed by atoms with E-state index in [1.54, 1.807) is 0 Å². The van der Waals surface area contributed by atoms with Crippen LogP contribution in [-0.4, -0.2) is 18.6 Å². The summed E-state index contributed by atoms with van der Waals surface area (Å²) >= 11 is 0. The van der Waals surface area contributed by atoms with Crippen LogP contribution in [0.15, 0.2) is 0 Å². The van der Waals surface area contributed by atoms with Crippen molar-refractivity contribution in [2.24, 2.45) is 0 Å². The summed E-state index contributed by atoms with van der Waals surface area (Å²) in [5.41, 5.74) is 0. The molecule has 0 amide bonds. The van der Waals surface area contributed by atoms with E-state index in [1.807, 2.05) is 0 Å². The van der Waals surface area contributed by atoms with E-state index in [1.165, 1.54) is 0 Å². The molecular formula is C4H5FO4. The van der Waals surface area contributed by atoms with Gasteiger partial charge in [-0.2, -0.15) is 0 Å². The fraction of sp³-hybridized carbons (Fsp3) is 0.500. The topological polar surface area (TPSA) is 52.6 Å². The molecular weight excluding hydrogens is 131 g/mol. The van der Waals surface area contributed by atoms with Gasteiger partial charge in [-0.15, -0.1) is 0 Å². The van der Waals surface area contributed by atoms with Crippen molar-refractivity contribution in [2.45, 2.75) is 6.92 Å². The first kappa shape index (κ1) is 7.87. The molecule has 0 aliphatic rings. The summed E-state index contributed by atoms with van der Waals surface area (Å²) in [6.45, 7) is -0.265. The fourth-order valence-electron chi connectivity index (χ4n) is 0.127. The molecule has 0 saturated carbocycles. The molecule has 5 heteroatoms. The molecule has 0 radical (unpaired) electrons. The largest absolute Gasteiger partial charge is 0.386 e. The minimum Gasteiger partial charge on any atom is -0.248 e. The highest BCUT2D eigenvalue weighted by atomic mass is 19.1. The van der Waals surface area contributed by atoms with Crippen molar-refractivity contribution < 1.29 is 23.8 Å². The Morgan fingerprint density at radius 1 is 1.44 bits per heavy atom. The van der Waals surface area contributed by atoms with E-state index in [-0.39, 0.29) is 0 Å². The minimum atomic E-state index is -1.30. The van der Waals surface area contributed by atoms with Crippen molar-refractivity contribution in [2.75, 3.05) is 6.67 Å². The second kappa shape index (κ2) is 3.82. The maximum Gasteiger partial charge on any atom is 0.386 e. The first-order valence-electron chi connectivity index (χ1n) is 2.10. The zero-order valence-corrected chi connectivity index (χ0v) is 4.72. The first-order valence-corrected chi connectivity index (χ1v) is 2.10. The standard InChI is InChI=1S/C4H5FO4/c1-3(6)8-9-4(7)2-5/h2H2,1H3. The molecule has 52 valence electrons. The van der Waals surface area contributed by atoms with Gasteiger partial charge in [0, 0.05) is 6.92 Å². The molecule has 0 saturated heterocycles. The van der Waals surface area contributed by atoms with Crippen molar-refractivity contribution in [3.8, 4) is 0 Å². The Morgan fingerprint density at radius 2 is 2.00 bits per heavy atom. The van der Waals surface area contributed by atoms with Gasteiger partial charge in [0.15, 0.2) is 6.67 Å². The van der Waals surface area contributed by atoms with Gasteiger partial charge in [0.2, 0.25) is 0 Å². The summed E-state index contributed by atoms with van der Waals surface area (Å²) in [5, 5.41) is 0. The van der Waals surface area contributed by atoms with E-state index in [2.05, 4.69) is 9.78 Å². The van der Waals surface area contributed by atoms with Gasteiger partial charge in [-0.3, -0.25) is 0 Å². The fourth-order valence-corrected chi connectivity index (χ4v) is 0.127. The van der Waals surface area contributed by atoms with Crippen LogP contribution in [0.5, 0.6) is 0 Å². The molecule has 0 rings (SSSR count). The molecule has 9 heavy (non-hydrogen) atoms. The predicted octanol–water partition coefficient (Wildman–Crippen LogP) is -0.0228. The number of rotatable bonds is 1. The third-order valence-corrected chi connectivity index (χ3v) is 0.361. The van der Waals surface area contributed by atoms with E-state index in [9.17, 15) is 14.0 Å². The molecule has 0 aromatic heterocycles. The monoisotopic (exact) mass is 136 g/mol. The second-order valence-electron chi connectivity index (χ2n) is 1.16. The molecule has 0 N–H and O–H groups in total. The molecule has 0 aliphatic heterocycles. The Labute approximate surface area is 50.5 Å². The van der Waals surface area contributed by atoms with Crippen LogP contribution in [0.3, 0.4) is 0 Å². The first-order chi connectivity index (χ1) is 4.16. The summed E-state index contributed by atoms with van der Waals surface area (Å²) in [7, 11) is 0. The zero-order chi connectivity index (χ0) is 7.28. The molecule has 0 atom stereocenters. The summed E-state index contributed by atoms with van der Waals surface area (Å²) in [6.07, 6.45) is 0. The van der Waals surface area contributed by atoms with E-state index < -0.39 is 18.6 Å². The Bertz CT molecular complexity index is 122. The van der Waals surface area contributed by atoms with E-state index >= 15 is 0 Å². The van der Waals surface area contributed by atoms with Gasteiger partial charge in [0.05, 0.1) is 0 Å². The van der Waals surface area contributed by atoms with Crippen molar-refractivity contribution >= 4 is 11.9 Å². The number of carbonyl (C=O) groups is 2. The van der Waals surface area contributed by atoms with Crippen molar-refractivity contribution in [1.82, 2.24) is 0 Å². The average Bonchev–Trinajstić information content (AvgIpc) is 1.83. The Hall–Kier alpha value is -1.13. The second-order valence-corrected chi connectivity index (χ2v) is 1.16. The van der Waals surface area contributed by atoms with Crippen LogP contribution in [-0.2, 0) is 19.4 Å². The molecule has 0 aromatic carbocycles. The predicted molar refractivity (Wildman–Crippen MR) is 23.8 cm³/mol. The van der Waals surface area contributed by atoms with Crippen molar-refractivity contribution in [3.63, 3.8) is 0 Å². The number of halogens is 1. The summed E-state index contributed by atoms with van der Waals surface area (Å²) in [5.74, 6) is -2.01. The van der Waals surface area contributed by atoms with Gasteiger partial charge in [-0.25, -0.2) is 23.8 Å². The highest BCUT2D eigenvalue weighted by molar-refractivity contribution is 5.72. The highest BCUT2D eigenvalue weighted by Gasteiger charge is 2.03. The maximum atomic E-state index is 11.2. The summed E-state index contributed by atoms with van der Waals surface area (Å²) in [6, 6.07) is 0. The van der Waals surface area contributed by atoms with Crippen LogP contribution in [0.1, 0.15) is 6.92 Å². The Balaban J connectivity index is 3.28. The molecule has 0 aliphatic carbocycles. The third kappa shape index (κ3) is 4.73. The quantitative estimate of drug-likeness (QED) is 0.375. The molecule has 0 spiro atoms. The highest BCUT2D eigenvalue weighted by Crippen LogP contribution is 1.82. The molecule has 0 bridgehead atoms. The lowest BCUT2D eigenvalue weighted by molar-refractivity contribution is -0.257. The van der Waals surface area contributed by atoms with Crippen LogP contribution in [0.2, 0.25) is 0 Å². The van der Waals surface area contributed by atoms with Crippen molar-refractivity contribution in [1.29, 1.82) is 0 Å². The molecule has 0 unspecified atom stereocenters. The van der Waals surface area contributed by atoms with Gasteiger partial charge in [-0.05, 0) is 0 Å². The summed E-state index contributed by atoms with van der Waals surface area (Å²) in [4.78, 5) is 26.9. The van der Waals surface area contributed by atoms with E-state index in [0.717, 1.165) is 6.92 Å². The van der Waals surface area contributed by atoms with Crippen LogP contribution in [0.25, 0.3) is 0 Å². The maximum absolute atomic E-state index is 11.2. The molecule has 0 aromatic rings. The number of hydrogen-bond acceptors (Lipinski definition) is 4. The van der Waals surface area contributed by atoms with Crippen LogP contribution < -0.4 is 0 Å². The molecule has 0 fully saturated rings. The van der Waals surface area contributed by atoms with Crippen LogP contribution >= 0.6 is 0 Å². The molecule has 4 nitrogen and oxygen atoms in total. The lowest BCUT2D eigenvalue weighted by atomic mass is 10.8. The third-order valence-electron chi connectivity index (χ3n) is 0.361. The number of alkyl halides is 1.